The Balaban J connectivity index is 1.73. The number of rotatable bonds is 5. The van der Waals surface area contributed by atoms with Crippen molar-refractivity contribution in [3.05, 3.63) is 41.2 Å². The molecular formula is C22H30N6O2. The highest BCUT2D eigenvalue weighted by molar-refractivity contribution is 5.56. The fourth-order valence-electron chi connectivity index (χ4n) is 4.16. The van der Waals surface area contributed by atoms with E-state index in [1.165, 1.54) is 0 Å². The van der Waals surface area contributed by atoms with E-state index in [0.29, 0.717) is 12.2 Å². The SMILES string of the molecule is Cc1noc(C)c1Cc1nc(-c2ccc(N(C)C)nc2)nn1C1CC(C)OC(C)C1. The van der Waals surface area contributed by atoms with Crippen LogP contribution in [0.5, 0.6) is 0 Å². The Kier molecular flexibility index (Phi) is 5.60. The van der Waals surface area contributed by atoms with Crippen molar-refractivity contribution in [3.63, 3.8) is 0 Å². The Bertz CT molecular complexity index is 978. The van der Waals surface area contributed by atoms with E-state index in [4.69, 9.17) is 19.3 Å². The maximum absolute atomic E-state index is 5.95. The van der Waals surface area contributed by atoms with Gasteiger partial charge in [0.1, 0.15) is 17.4 Å². The zero-order chi connectivity index (χ0) is 21.4. The lowest BCUT2D eigenvalue weighted by molar-refractivity contribution is -0.0510. The summed E-state index contributed by atoms with van der Waals surface area (Å²) in [6.07, 6.45) is 4.69. The number of ether oxygens (including phenoxy) is 1. The van der Waals surface area contributed by atoms with Crippen LogP contribution in [0, 0.1) is 13.8 Å². The van der Waals surface area contributed by atoms with Crippen molar-refractivity contribution in [2.75, 3.05) is 19.0 Å². The minimum absolute atomic E-state index is 0.194. The second kappa shape index (κ2) is 8.18. The molecule has 0 spiro atoms. The molecule has 0 aromatic carbocycles. The molecule has 1 fully saturated rings. The summed E-state index contributed by atoms with van der Waals surface area (Å²) in [5.41, 5.74) is 2.88. The fourth-order valence-corrected chi connectivity index (χ4v) is 4.16. The maximum Gasteiger partial charge on any atom is 0.182 e. The van der Waals surface area contributed by atoms with Crippen molar-refractivity contribution in [3.8, 4) is 11.4 Å². The van der Waals surface area contributed by atoms with Gasteiger partial charge in [0, 0.05) is 37.8 Å². The number of pyridine rings is 1. The molecule has 2 atom stereocenters. The minimum Gasteiger partial charge on any atom is -0.375 e. The highest BCUT2D eigenvalue weighted by Crippen LogP contribution is 2.31. The smallest absolute Gasteiger partial charge is 0.182 e. The van der Waals surface area contributed by atoms with Crippen LogP contribution in [-0.4, -0.2) is 51.2 Å². The van der Waals surface area contributed by atoms with Crippen molar-refractivity contribution in [2.45, 2.75) is 65.2 Å². The monoisotopic (exact) mass is 410 g/mol. The van der Waals surface area contributed by atoms with Gasteiger partial charge < -0.3 is 14.2 Å². The minimum atomic E-state index is 0.194. The van der Waals surface area contributed by atoms with E-state index >= 15 is 0 Å². The van der Waals surface area contributed by atoms with E-state index in [-0.39, 0.29) is 18.2 Å². The summed E-state index contributed by atoms with van der Waals surface area (Å²) in [4.78, 5) is 11.4. The third-order valence-electron chi connectivity index (χ3n) is 5.70. The first-order valence-electron chi connectivity index (χ1n) is 10.5. The van der Waals surface area contributed by atoms with E-state index in [1.807, 2.05) is 51.2 Å². The lowest BCUT2D eigenvalue weighted by Gasteiger charge is -2.32. The maximum atomic E-state index is 5.95. The van der Waals surface area contributed by atoms with Gasteiger partial charge in [-0.2, -0.15) is 5.10 Å². The normalized spacial score (nSPS) is 21.7. The standard InChI is InChI=1S/C22H30N6O2/c1-13-9-18(10-14(2)29-13)28-21(11-19-15(3)26-30-16(19)4)24-22(25-28)17-7-8-20(23-12-17)27(5)6/h7-8,12-14,18H,9-11H2,1-6H3. The Morgan fingerprint density at radius 3 is 2.43 bits per heavy atom. The molecule has 0 aliphatic carbocycles. The summed E-state index contributed by atoms with van der Waals surface area (Å²) in [5, 5.41) is 9.04. The molecule has 1 aliphatic rings. The van der Waals surface area contributed by atoms with Gasteiger partial charge in [-0.3, -0.25) is 0 Å². The summed E-state index contributed by atoms with van der Waals surface area (Å²) in [7, 11) is 3.95. The summed E-state index contributed by atoms with van der Waals surface area (Å²) >= 11 is 0. The van der Waals surface area contributed by atoms with Gasteiger partial charge in [0.15, 0.2) is 5.82 Å². The molecule has 30 heavy (non-hydrogen) atoms. The third-order valence-corrected chi connectivity index (χ3v) is 5.70. The zero-order valence-corrected chi connectivity index (χ0v) is 18.6. The lowest BCUT2D eigenvalue weighted by Crippen LogP contribution is -2.32. The Morgan fingerprint density at radius 2 is 1.87 bits per heavy atom. The number of anilines is 1. The quantitative estimate of drug-likeness (QED) is 0.634. The topological polar surface area (TPSA) is 82.1 Å². The average molecular weight is 411 g/mol. The molecule has 160 valence electrons. The number of hydrogen-bond acceptors (Lipinski definition) is 7. The second-order valence-corrected chi connectivity index (χ2v) is 8.46. The van der Waals surface area contributed by atoms with Gasteiger partial charge in [0.25, 0.3) is 0 Å². The predicted molar refractivity (Wildman–Crippen MR) is 115 cm³/mol. The van der Waals surface area contributed by atoms with Crippen LogP contribution in [0.4, 0.5) is 5.82 Å². The van der Waals surface area contributed by atoms with Crippen LogP contribution in [0.15, 0.2) is 22.9 Å². The van der Waals surface area contributed by atoms with E-state index in [9.17, 15) is 0 Å². The molecule has 8 nitrogen and oxygen atoms in total. The van der Waals surface area contributed by atoms with Gasteiger partial charge in [-0.15, -0.1) is 0 Å². The first-order valence-corrected chi connectivity index (χ1v) is 10.5. The van der Waals surface area contributed by atoms with Gasteiger partial charge in [-0.05, 0) is 52.7 Å². The molecule has 4 rings (SSSR count). The number of aryl methyl sites for hydroxylation is 2. The molecule has 0 amide bonds. The molecule has 0 N–H and O–H groups in total. The van der Waals surface area contributed by atoms with Gasteiger partial charge in [-0.25, -0.2) is 14.6 Å². The van der Waals surface area contributed by atoms with Gasteiger partial charge in [0.2, 0.25) is 0 Å². The van der Waals surface area contributed by atoms with Crippen molar-refractivity contribution in [1.29, 1.82) is 0 Å². The highest BCUT2D eigenvalue weighted by Gasteiger charge is 2.29. The molecule has 3 aromatic rings. The highest BCUT2D eigenvalue weighted by atomic mass is 16.5. The van der Waals surface area contributed by atoms with Crippen LogP contribution >= 0.6 is 0 Å². The number of aromatic nitrogens is 5. The van der Waals surface area contributed by atoms with E-state index in [1.54, 1.807) is 0 Å². The molecule has 0 bridgehead atoms. The molecular weight excluding hydrogens is 380 g/mol. The fraction of sp³-hybridized carbons (Fsp3) is 0.545. The van der Waals surface area contributed by atoms with E-state index in [0.717, 1.165) is 47.1 Å². The first kappa shape index (κ1) is 20.5. The summed E-state index contributed by atoms with van der Waals surface area (Å²) in [6, 6.07) is 4.26. The summed E-state index contributed by atoms with van der Waals surface area (Å²) in [6.45, 7) is 8.16. The number of hydrogen-bond donors (Lipinski definition) is 0. The van der Waals surface area contributed by atoms with Crippen LogP contribution in [0.1, 0.15) is 55.6 Å². The van der Waals surface area contributed by atoms with E-state index < -0.39 is 0 Å². The van der Waals surface area contributed by atoms with Crippen LogP contribution < -0.4 is 4.90 Å². The summed E-state index contributed by atoms with van der Waals surface area (Å²) < 4.78 is 13.4. The Hall–Kier alpha value is -2.74. The van der Waals surface area contributed by atoms with Crippen molar-refractivity contribution >= 4 is 5.82 Å². The third kappa shape index (κ3) is 4.09. The van der Waals surface area contributed by atoms with Crippen LogP contribution in [-0.2, 0) is 11.2 Å². The Morgan fingerprint density at radius 1 is 1.13 bits per heavy atom. The molecule has 4 heterocycles. The van der Waals surface area contributed by atoms with E-state index in [2.05, 4.69) is 28.7 Å². The van der Waals surface area contributed by atoms with Crippen molar-refractivity contribution in [2.24, 2.45) is 0 Å². The molecule has 1 aliphatic heterocycles. The van der Waals surface area contributed by atoms with Crippen molar-refractivity contribution in [1.82, 2.24) is 24.9 Å². The zero-order valence-electron chi connectivity index (χ0n) is 18.6. The predicted octanol–water partition coefficient (Wildman–Crippen LogP) is 3.73. The molecule has 2 unspecified atom stereocenters. The van der Waals surface area contributed by atoms with Crippen molar-refractivity contribution < 1.29 is 9.26 Å². The van der Waals surface area contributed by atoms with Crippen LogP contribution in [0.2, 0.25) is 0 Å². The van der Waals surface area contributed by atoms with Gasteiger partial charge in [0.05, 0.1) is 23.9 Å². The van der Waals surface area contributed by atoms with Crippen LogP contribution in [0.25, 0.3) is 11.4 Å². The largest absolute Gasteiger partial charge is 0.375 e. The molecule has 3 aromatic heterocycles. The van der Waals surface area contributed by atoms with Gasteiger partial charge in [-0.1, -0.05) is 5.16 Å². The van der Waals surface area contributed by atoms with Crippen LogP contribution in [0.3, 0.4) is 0 Å². The molecule has 0 saturated carbocycles. The molecule has 8 heteroatoms. The lowest BCUT2D eigenvalue weighted by atomic mass is 9.99. The summed E-state index contributed by atoms with van der Waals surface area (Å²) in [5.74, 6) is 3.35. The first-order chi connectivity index (χ1) is 14.3. The van der Waals surface area contributed by atoms with Gasteiger partial charge >= 0.3 is 0 Å². The molecule has 0 radical (unpaired) electrons. The Labute approximate surface area is 177 Å². The number of nitrogens with zero attached hydrogens (tertiary/aromatic N) is 6. The average Bonchev–Trinajstić information content (AvgIpc) is 3.26. The molecule has 1 saturated heterocycles. The second-order valence-electron chi connectivity index (χ2n) is 8.46.